The third kappa shape index (κ3) is 7.99. The van der Waals surface area contributed by atoms with Crippen molar-refractivity contribution in [2.24, 2.45) is 5.10 Å². The van der Waals surface area contributed by atoms with E-state index < -0.39 is 10.9 Å². The summed E-state index contributed by atoms with van der Waals surface area (Å²) in [5.41, 5.74) is 3.54. The lowest BCUT2D eigenvalue weighted by Crippen LogP contribution is -2.26. The minimum atomic E-state index is -0.707. The molecule has 0 bridgehead atoms. The van der Waals surface area contributed by atoms with Crippen LogP contribution in [0.5, 0.6) is 11.5 Å². The summed E-state index contributed by atoms with van der Waals surface area (Å²) in [7, 11) is 1.40. The van der Waals surface area contributed by atoms with Crippen LogP contribution in [-0.4, -0.2) is 42.6 Å². The summed E-state index contributed by atoms with van der Waals surface area (Å²) in [6.45, 7) is 0.349. The number of hydrogen-bond acceptors (Lipinski definition) is 8. The Balaban J connectivity index is 1.46. The molecule has 3 aromatic carbocycles. The van der Waals surface area contributed by atoms with E-state index in [1.165, 1.54) is 43.7 Å². The maximum absolute atomic E-state index is 12.4. The van der Waals surface area contributed by atoms with E-state index in [4.69, 9.17) is 9.47 Å². The first-order chi connectivity index (χ1) is 17.9. The molecule has 0 heterocycles. The summed E-state index contributed by atoms with van der Waals surface area (Å²) >= 11 is 0. The van der Waals surface area contributed by atoms with E-state index in [0.717, 1.165) is 0 Å². The van der Waals surface area contributed by atoms with Crippen molar-refractivity contribution < 1.29 is 28.8 Å². The Bertz CT molecular complexity index is 1290. The van der Waals surface area contributed by atoms with Crippen LogP contribution in [0.1, 0.15) is 39.1 Å². The molecule has 0 aromatic heterocycles. The second-order valence-corrected chi connectivity index (χ2v) is 7.62. The Morgan fingerprint density at radius 2 is 1.70 bits per heavy atom. The van der Waals surface area contributed by atoms with Crippen molar-refractivity contribution >= 4 is 29.7 Å². The van der Waals surface area contributed by atoms with Crippen LogP contribution in [0.15, 0.2) is 77.9 Å². The highest BCUT2D eigenvalue weighted by Gasteiger charge is 2.14. The lowest BCUT2D eigenvalue weighted by Gasteiger charge is -2.10. The van der Waals surface area contributed by atoms with Gasteiger partial charge in [0.2, 0.25) is 5.91 Å². The van der Waals surface area contributed by atoms with Gasteiger partial charge in [-0.05, 0) is 54.4 Å². The molecule has 3 rings (SSSR count). The summed E-state index contributed by atoms with van der Waals surface area (Å²) < 4.78 is 10.6. The molecule has 0 aliphatic rings. The van der Waals surface area contributed by atoms with Gasteiger partial charge in [-0.1, -0.05) is 18.2 Å². The molecular weight excluding hydrogens is 480 g/mol. The maximum atomic E-state index is 12.4. The molecule has 190 valence electrons. The van der Waals surface area contributed by atoms with E-state index in [9.17, 15) is 24.5 Å². The molecular formula is C26H24N4O7. The van der Waals surface area contributed by atoms with Gasteiger partial charge in [0, 0.05) is 30.7 Å². The largest absolute Gasteiger partial charge is 0.493 e. The molecule has 37 heavy (non-hydrogen) atoms. The van der Waals surface area contributed by atoms with Gasteiger partial charge in [0.25, 0.3) is 11.6 Å². The highest BCUT2D eigenvalue weighted by Crippen LogP contribution is 2.28. The third-order valence-corrected chi connectivity index (χ3v) is 5.01. The highest BCUT2D eigenvalue weighted by molar-refractivity contribution is 5.94. The third-order valence-electron chi connectivity index (χ3n) is 5.01. The molecule has 3 aromatic rings. The molecule has 0 radical (unpaired) electrons. The van der Waals surface area contributed by atoms with E-state index >= 15 is 0 Å². The zero-order valence-corrected chi connectivity index (χ0v) is 19.9. The fraction of sp³-hybridized carbons (Fsp3) is 0.154. The molecule has 0 aliphatic carbocycles. The van der Waals surface area contributed by atoms with Gasteiger partial charge in [-0.3, -0.25) is 19.7 Å². The minimum absolute atomic E-state index is 0.139. The van der Waals surface area contributed by atoms with E-state index in [1.54, 1.807) is 36.4 Å². The number of amides is 2. The molecule has 0 unspecified atom stereocenters. The summed E-state index contributed by atoms with van der Waals surface area (Å²) in [6.07, 6.45) is 2.02. The quantitative estimate of drug-likeness (QED) is 0.101. The van der Waals surface area contributed by atoms with Crippen molar-refractivity contribution in [2.75, 3.05) is 13.7 Å². The minimum Gasteiger partial charge on any atom is -0.493 e. The Hall–Kier alpha value is -5.06. The fourth-order valence-electron chi connectivity index (χ4n) is 3.10. The average molecular weight is 504 g/mol. The van der Waals surface area contributed by atoms with Gasteiger partial charge < -0.3 is 14.8 Å². The van der Waals surface area contributed by atoms with Crippen LogP contribution in [0.2, 0.25) is 0 Å². The van der Waals surface area contributed by atoms with Crippen molar-refractivity contribution in [2.45, 2.75) is 12.8 Å². The Kier molecular flexibility index (Phi) is 9.43. The van der Waals surface area contributed by atoms with Crippen LogP contribution in [0, 0.1) is 10.1 Å². The average Bonchev–Trinajstić information content (AvgIpc) is 2.92. The first kappa shape index (κ1) is 26.5. The molecule has 2 N–H and O–H groups in total. The van der Waals surface area contributed by atoms with Gasteiger partial charge in [0.05, 0.1) is 23.8 Å². The summed E-state index contributed by atoms with van der Waals surface area (Å²) in [4.78, 5) is 46.5. The van der Waals surface area contributed by atoms with Gasteiger partial charge in [0.15, 0.2) is 11.5 Å². The number of hydrogen-bond donors (Lipinski definition) is 2. The standard InChI is InChI=1S/C26H24N4O7/c1-36-23-16-18(9-14-22(23)37-26(33)20-10-12-21(13-11-20)30(34)35)17-28-29-24(31)8-5-15-27-25(32)19-6-3-2-4-7-19/h2-4,6-7,9-14,16-17H,5,8,15H2,1H3,(H,27,32)(H,29,31). The summed E-state index contributed by atoms with van der Waals surface area (Å²) in [5.74, 6) is -0.827. The van der Waals surface area contributed by atoms with E-state index in [0.29, 0.717) is 24.1 Å². The molecule has 0 aliphatic heterocycles. The van der Waals surface area contributed by atoms with Gasteiger partial charge >= 0.3 is 5.97 Å². The zero-order valence-electron chi connectivity index (χ0n) is 19.9. The maximum Gasteiger partial charge on any atom is 0.343 e. The number of methoxy groups -OCH3 is 1. The molecule has 2 amide bonds. The van der Waals surface area contributed by atoms with Crippen molar-refractivity contribution in [3.63, 3.8) is 0 Å². The molecule has 0 saturated heterocycles. The topological polar surface area (TPSA) is 149 Å². The number of nitrogens with zero attached hydrogens (tertiary/aromatic N) is 2. The van der Waals surface area contributed by atoms with Crippen LogP contribution >= 0.6 is 0 Å². The smallest absolute Gasteiger partial charge is 0.343 e. The first-order valence-corrected chi connectivity index (χ1v) is 11.2. The lowest BCUT2D eigenvalue weighted by atomic mass is 10.2. The fourth-order valence-corrected chi connectivity index (χ4v) is 3.10. The predicted octanol–water partition coefficient (Wildman–Crippen LogP) is 3.48. The Labute approximate surface area is 212 Å². The van der Waals surface area contributed by atoms with Crippen LogP contribution in [0.4, 0.5) is 5.69 Å². The number of carbonyl (C=O) groups excluding carboxylic acids is 3. The van der Waals surface area contributed by atoms with Crippen molar-refractivity contribution in [3.8, 4) is 11.5 Å². The highest BCUT2D eigenvalue weighted by atomic mass is 16.6. The molecule has 0 spiro atoms. The number of hydrazone groups is 1. The van der Waals surface area contributed by atoms with E-state index in [1.807, 2.05) is 6.07 Å². The van der Waals surface area contributed by atoms with Crippen LogP contribution in [0.25, 0.3) is 0 Å². The number of nitrogens with one attached hydrogen (secondary N) is 2. The number of carbonyl (C=O) groups is 3. The second kappa shape index (κ2) is 13.1. The van der Waals surface area contributed by atoms with Crippen molar-refractivity contribution in [1.82, 2.24) is 10.7 Å². The molecule has 11 nitrogen and oxygen atoms in total. The molecule has 11 heteroatoms. The molecule has 0 fully saturated rings. The number of esters is 1. The number of non-ortho nitro benzene ring substituents is 1. The molecule has 0 saturated carbocycles. The zero-order chi connectivity index (χ0) is 26.6. The van der Waals surface area contributed by atoms with Gasteiger partial charge in [-0.15, -0.1) is 0 Å². The van der Waals surface area contributed by atoms with E-state index in [-0.39, 0.29) is 41.0 Å². The Morgan fingerprint density at radius 3 is 2.38 bits per heavy atom. The number of nitro groups is 1. The number of benzene rings is 3. The van der Waals surface area contributed by atoms with Gasteiger partial charge in [-0.2, -0.15) is 5.10 Å². The SMILES string of the molecule is COc1cc(C=NNC(=O)CCCNC(=O)c2ccccc2)ccc1OC(=O)c1ccc([N+](=O)[O-])cc1. The Morgan fingerprint density at radius 1 is 0.973 bits per heavy atom. The number of rotatable bonds is 11. The van der Waals surface area contributed by atoms with Crippen LogP contribution in [0.3, 0.4) is 0 Å². The summed E-state index contributed by atoms with van der Waals surface area (Å²) in [5, 5.41) is 17.4. The van der Waals surface area contributed by atoms with Crippen LogP contribution in [-0.2, 0) is 4.79 Å². The predicted molar refractivity (Wildman–Crippen MR) is 135 cm³/mol. The normalized spacial score (nSPS) is 10.5. The molecule has 0 atom stereocenters. The van der Waals surface area contributed by atoms with Crippen molar-refractivity contribution in [1.29, 1.82) is 0 Å². The number of ether oxygens (including phenoxy) is 2. The van der Waals surface area contributed by atoms with Gasteiger partial charge in [-0.25, -0.2) is 10.2 Å². The van der Waals surface area contributed by atoms with Crippen molar-refractivity contribution in [3.05, 3.63) is 99.6 Å². The first-order valence-electron chi connectivity index (χ1n) is 11.2. The summed E-state index contributed by atoms with van der Waals surface area (Å²) in [6, 6.07) is 18.5. The van der Waals surface area contributed by atoms with Gasteiger partial charge in [0.1, 0.15) is 0 Å². The number of nitro benzene ring substituents is 1. The van der Waals surface area contributed by atoms with E-state index in [2.05, 4.69) is 15.8 Å². The monoisotopic (exact) mass is 504 g/mol. The second-order valence-electron chi connectivity index (χ2n) is 7.62. The van der Waals surface area contributed by atoms with Crippen LogP contribution < -0.4 is 20.2 Å². The lowest BCUT2D eigenvalue weighted by molar-refractivity contribution is -0.384.